The third-order valence-electron chi connectivity index (χ3n) is 3.66. The Labute approximate surface area is 135 Å². The predicted molar refractivity (Wildman–Crippen MR) is 85.1 cm³/mol. The highest BCUT2D eigenvalue weighted by Gasteiger charge is 2.23. The summed E-state index contributed by atoms with van der Waals surface area (Å²) in [7, 11) is 1.52. The molecule has 0 aliphatic carbocycles. The van der Waals surface area contributed by atoms with Crippen molar-refractivity contribution in [2.45, 2.75) is 19.8 Å². The van der Waals surface area contributed by atoms with Gasteiger partial charge < -0.3 is 15.0 Å². The number of nitrogens with one attached hydrogen (secondary N) is 2. The molecule has 0 atom stereocenters. The standard InChI is InChI=1S/C16H22FN3O3/c1-11-8-12-4-3-6-20(15(12)13(17)9-11)10-14(21)19-16(22)18-5-7-23-2/h8-9H,3-7,10H2,1-2H3,(H2,18,19,21,22). The van der Waals surface area contributed by atoms with Crippen molar-refractivity contribution in [1.82, 2.24) is 10.6 Å². The van der Waals surface area contributed by atoms with Crippen molar-refractivity contribution in [3.8, 4) is 0 Å². The number of benzene rings is 1. The molecule has 1 aromatic carbocycles. The first-order valence-electron chi connectivity index (χ1n) is 7.62. The van der Waals surface area contributed by atoms with E-state index >= 15 is 0 Å². The number of nitrogens with zero attached hydrogens (tertiary/aromatic N) is 1. The number of ether oxygens (including phenoxy) is 1. The molecule has 0 aromatic heterocycles. The normalized spacial score (nSPS) is 13.4. The smallest absolute Gasteiger partial charge is 0.321 e. The number of carbonyl (C=O) groups excluding carboxylic acids is 2. The van der Waals surface area contributed by atoms with Crippen molar-refractivity contribution in [2.75, 3.05) is 38.3 Å². The minimum absolute atomic E-state index is 0.0509. The zero-order valence-electron chi connectivity index (χ0n) is 13.4. The van der Waals surface area contributed by atoms with Crippen LogP contribution in [0.3, 0.4) is 0 Å². The summed E-state index contributed by atoms with van der Waals surface area (Å²) in [6.07, 6.45) is 1.65. The molecule has 0 saturated carbocycles. The third kappa shape index (κ3) is 4.66. The minimum atomic E-state index is -0.575. The zero-order chi connectivity index (χ0) is 16.8. The lowest BCUT2D eigenvalue weighted by Gasteiger charge is -2.31. The van der Waals surface area contributed by atoms with Crippen LogP contribution in [0.4, 0.5) is 14.9 Å². The quantitative estimate of drug-likeness (QED) is 0.803. The number of anilines is 1. The number of aryl methyl sites for hydroxylation is 2. The monoisotopic (exact) mass is 323 g/mol. The molecule has 0 unspecified atom stereocenters. The number of urea groups is 1. The van der Waals surface area contributed by atoms with E-state index in [2.05, 4.69) is 10.6 Å². The molecule has 0 spiro atoms. The first kappa shape index (κ1) is 17.2. The van der Waals surface area contributed by atoms with Gasteiger partial charge in [-0.3, -0.25) is 10.1 Å². The van der Waals surface area contributed by atoms with Gasteiger partial charge in [-0.05, 0) is 37.0 Å². The van der Waals surface area contributed by atoms with Gasteiger partial charge in [0, 0.05) is 20.2 Å². The zero-order valence-corrected chi connectivity index (χ0v) is 13.4. The summed E-state index contributed by atoms with van der Waals surface area (Å²) < 4.78 is 19.0. The summed E-state index contributed by atoms with van der Waals surface area (Å²) in [5.74, 6) is -0.787. The van der Waals surface area contributed by atoms with Gasteiger partial charge in [-0.1, -0.05) is 6.07 Å². The van der Waals surface area contributed by atoms with E-state index in [1.165, 1.54) is 13.2 Å². The van der Waals surface area contributed by atoms with E-state index < -0.39 is 11.9 Å². The van der Waals surface area contributed by atoms with E-state index in [1.54, 1.807) is 4.90 Å². The van der Waals surface area contributed by atoms with Crippen LogP contribution < -0.4 is 15.5 Å². The van der Waals surface area contributed by atoms with E-state index in [1.807, 2.05) is 13.0 Å². The fourth-order valence-corrected chi connectivity index (χ4v) is 2.73. The van der Waals surface area contributed by atoms with Crippen molar-refractivity contribution in [1.29, 1.82) is 0 Å². The topological polar surface area (TPSA) is 70.7 Å². The van der Waals surface area contributed by atoms with Gasteiger partial charge in [0.05, 0.1) is 18.8 Å². The van der Waals surface area contributed by atoms with Gasteiger partial charge in [-0.25, -0.2) is 9.18 Å². The van der Waals surface area contributed by atoms with Crippen LogP contribution in [-0.2, 0) is 16.0 Å². The van der Waals surface area contributed by atoms with Gasteiger partial charge in [-0.2, -0.15) is 0 Å². The van der Waals surface area contributed by atoms with Crippen LogP contribution in [0.1, 0.15) is 17.5 Å². The Hall–Kier alpha value is -2.15. The SMILES string of the molecule is COCCNC(=O)NC(=O)CN1CCCc2cc(C)cc(F)c21. The van der Waals surface area contributed by atoms with Crippen molar-refractivity contribution in [3.05, 3.63) is 29.1 Å². The van der Waals surface area contributed by atoms with E-state index in [0.29, 0.717) is 25.4 Å². The Bertz CT molecular complexity index is 592. The van der Waals surface area contributed by atoms with Gasteiger partial charge in [0.1, 0.15) is 5.82 Å². The summed E-state index contributed by atoms with van der Waals surface area (Å²) in [4.78, 5) is 25.2. The molecule has 1 aliphatic heterocycles. The van der Waals surface area contributed by atoms with Crippen molar-refractivity contribution < 1.29 is 18.7 Å². The fraction of sp³-hybridized carbons (Fsp3) is 0.500. The molecule has 126 valence electrons. The molecule has 6 nitrogen and oxygen atoms in total. The number of imide groups is 1. The number of fused-ring (bicyclic) bond motifs is 1. The minimum Gasteiger partial charge on any atom is -0.383 e. The molecule has 7 heteroatoms. The summed E-state index contributed by atoms with van der Waals surface area (Å²) in [6.45, 7) is 3.07. The Morgan fingerprint density at radius 3 is 2.91 bits per heavy atom. The predicted octanol–water partition coefficient (Wildman–Crippen LogP) is 1.36. The summed E-state index contributed by atoms with van der Waals surface area (Å²) in [5, 5.41) is 4.74. The van der Waals surface area contributed by atoms with Crippen LogP contribution in [0, 0.1) is 12.7 Å². The second kappa shape index (κ2) is 7.92. The molecule has 23 heavy (non-hydrogen) atoms. The average molecular weight is 323 g/mol. The lowest BCUT2D eigenvalue weighted by molar-refractivity contribution is -0.118. The number of hydrogen-bond acceptors (Lipinski definition) is 4. The van der Waals surface area contributed by atoms with Gasteiger partial charge in [0.2, 0.25) is 5.91 Å². The largest absolute Gasteiger partial charge is 0.383 e. The molecule has 1 heterocycles. The Balaban J connectivity index is 1.97. The molecule has 2 N–H and O–H groups in total. The Morgan fingerprint density at radius 2 is 2.17 bits per heavy atom. The summed E-state index contributed by atoms with van der Waals surface area (Å²) in [5.41, 5.74) is 2.24. The highest BCUT2D eigenvalue weighted by molar-refractivity contribution is 5.96. The lowest BCUT2D eigenvalue weighted by atomic mass is 9.99. The highest BCUT2D eigenvalue weighted by atomic mass is 19.1. The second-order valence-electron chi connectivity index (χ2n) is 5.58. The molecule has 2 rings (SSSR count). The first-order valence-corrected chi connectivity index (χ1v) is 7.62. The van der Waals surface area contributed by atoms with Gasteiger partial charge in [0.25, 0.3) is 0 Å². The maximum atomic E-state index is 14.2. The number of methoxy groups -OCH3 is 1. The number of amides is 3. The molecule has 0 bridgehead atoms. The molecule has 0 saturated heterocycles. The molecule has 0 radical (unpaired) electrons. The van der Waals surface area contributed by atoms with E-state index in [0.717, 1.165) is 24.0 Å². The van der Waals surface area contributed by atoms with E-state index in [-0.39, 0.29) is 12.4 Å². The number of halogens is 1. The van der Waals surface area contributed by atoms with Crippen LogP contribution >= 0.6 is 0 Å². The van der Waals surface area contributed by atoms with Crippen molar-refractivity contribution >= 4 is 17.6 Å². The van der Waals surface area contributed by atoms with E-state index in [9.17, 15) is 14.0 Å². The molecule has 1 aliphatic rings. The second-order valence-corrected chi connectivity index (χ2v) is 5.58. The van der Waals surface area contributed by atoms with Crippen LogP contribution in [0.5, 0.6) is 0 Å². The Kier molecular flexibility index (Phi) is 5.92. The van der Waals surface area contributed by atoms with Crippen molar-refractivity contribution in [3.63, 3.8) is 0 Å². The van der Waals surface area contributed by atoms with Crippen LogP contribution in [0.25, 0.3) is 0 Å². The van der Waals surface area contributed by atoms with Gasteiger partial charge in [-0.15, -0.1) is 0 Å². The maximum absolute atomic E-state index is 14.2. The van der Waals surface area contributed by atoms with Gasteiger partial charge >= 0.3 is 6.03 Å². The maximum Gasteiger partial charge on any atom is 0.321 e. The molecule has 0 fully saturated rings. The highest BCUT2D eigenvalue weighted by Crippen LogP contribution is 2.30. The van der Waals surface area contributed by atoms with Crippen LogP contribution in [0.15, 0.2) is 12.1 Å². The number of hydrogen-bond donors (Lipinski definition) is 2. The number of carbonyl (C=O) groups is 2. The average Bonchev–Trinajstić information content (AvgIpc) is 2.46. The first-order chi connectivity index (χ1) is 11.0. The van der Waals surface area contributed by atoms with Gasteiger partial charge in [0.15, 0.2) is 0 Å². The molecular weight excluding hydrogens is 301 g/mol. The summed E-state index contributed by atoms with van der Waals surface area (Å²) in [6, 6.07) is 2.83. The third-order valence-corrected chi connectivity index (χ3v) is 3.66. The van der Waals surface area contributed by atoms with Crippen LogP contribution in [-0.4, -0.2) is 45.3 Å². The molecule has 1 aromatic rings. The molecule has 3 amide bonds. The molecular formula is C16H22FN3O3. The van der Waals surface area contributed by atoms with Crippen molar-refractivity contribution in [2.24, 2.45) is 0 Å². The number of rotatable bonds is 5. The van der Waals surface area contributed by atoms with Crippen LogP contribution in [0.2, 0.25) is 0 Å². The lowest BCUT2D eigenvalue weighted by Crippen LogP contribution is -2.46. The fourth-order valence-electron chi connectivity index (χ4n) is 2.73. The van der Waals surface area contributed by atoms with E-state index in [4.69, 9.17) is 4.74 Å². The Morgan fingerprint density at radius 1 is 1.39 bits per heavy atom. The summed E-state index contributed by atoms with van der Waals surface area (Å²) >= 11 is 0.